The second kappa shape index (κ2) is 5.63. The molecule has 0 aliphatic rings. The van der Waals surface area contributed by atoms with Gasteiger partial charge in [-0.25, -0.2) is 0 Å². The van der Waals surface area contributed by atoms with Gasteiger partial charge in [0.25, 0.3) is 0 Å². The highest BCUT2D eigenvalue weighted by atomic mass is 79.9. The van der Waals surface area contributed by atoms with Crippen molar-refractivity contribution in [1.29, 1.82) is 0 Å². The third-order valence-corrected chi connectivity index (χ3v) is 3.77. The Kier molecular flexibility index (Phi) is 4.78. The number of halogens is 1. The van der Waals surface area contributed by atoms with Gasteiger partial charge in [0.1, 0.15) is 0 Å². The number of hydrogen-bond acceptors (Lipinski definition) is 3. The van der Waals surface area contributed by atoms with Crippen LogP contribution in [0.15, 0.2) is 27.6 Å². The molecule has 0 fully saturated rings. The van der Waals surface area contributed by atoms with Crippen molar-refractivity contribution in [3.8, 4) is 0 Å². The number of nitrogens with two attached hydrogens (primary N) is 1. The molecule has 1 aromatic carbocycles. The zero-order chi connectivity index (χ0) is 10.6. The maximum atomic E-state index is 9.10. The standard InChI is InChI=1S/C10H14BrNOS/c1-7(13)4-5-14-10-3-2-8(12)6-9(10)11/h2-3,6-7,13H,4-5,12H2,1H3. The fraction of sp³-hybridized carbons (Fsp3) is 0.400. The lowest BCUT2D eigenvalue weighted by Crippen LogP contribution is -2.00. The Balaban J connectivity index is 2.51. The first kappa shape index (κ1) is 11.9. The first-order valence-electron chi connectivity index (χ1n) is 4.45. The quantitative estimate of drug-likeness (QED) is 0.656. The summed E-state index contributed by atoms with van der Waals surface area (Å²) >= 11 is 5.17. The van der Waals surface area contributed by atoms with E-state index < -0.39 is 0 Å². The maximum absolute atomic E-state index is 9.10. The second-order valence-electron chi connectivity index (χ2n) is 3.18. The second-order valence-corrected chi connectivity index (χ2v) is 5.17. The number of benzene rings is 1. The molecule has 0 heterocycles. The fourth-order valence-corrected chi connectivity index (χ4v) is 2.75. The zero-order valence-corrected chi connectivity index (χ0v) is 10.4. The fourth-order valence-electron chi connectivity index (χ4n) is 0.974. The normalized spacial score (nSPS) is 12.8. The predicted octanol–water partition coefficient (Wildman–Crippen LogP) is 2.89. The number of hydrogen-bond donors (Lipinski definition) is 2. The van der Waals surface area contributed by atoms with Crippen molar-refractivity contribution in [3.05, 3.63) is 22.7 Å². The van der Waals surface area contributed by atoms with Crippen molar-refractivity contribution in [2.45, 2.75) is 24.3 Å². The third-order valence-electron chi connectivity index (χ3n) is 1.75. The van der Waals surface area contributed by atoms with Crippen molar-refractivity contribution >= 4 is 33.4 Å². The average Bonchev–Trinajstić information content (AvgIpc) is 2.08. The molecule has 0 bridgehead atoms. The summed E-state index contributed by atoms with van der Waals surface area (Å²) in [6.07, 6.45) is 0.580. The molecule has 14 heavy (non-hydrogen) atoms. The van der Waals surface area contributed by atoms with Gasteiger partial charge in [-0.1, -0.05) is 0 Å². The summed E-state index contributed by atoms with van der Waals surface area (Å²) in [5, 5.41) is 9.10. The van der Waals surface area contributed by atoms with Crippen LogP contribution in [0.4, 0.5) is 5.69 Å². The maximum Gasteiger partial charge on any atom is 0.0520 e. The molecule has 0 radical (unpaired) electrons. The summed E-state index contributed by atoms with van der Waals surface area (Å²) in [5.74, 6) is 0.917. The summed E-state index contributed by atoms with van der Waals surface area (Å²) < 4.78 is 1.02. The van der Waals surface area contributed by atoms with Crippen LogP contribution in [0.2, 0.25) is 0 Å². The van der Waals surface area contributed by atoms with E-state index in [2.05, 4.69) is 15.9 Å². The van der Waals surface area contributed by atoms with Gasteiger partial charge in [0.2, 0.25) is 0 Å². The van der Waals surface area contributed by atoms with Gasteiger partial charge in [-0.05, 0) is 47.5 Å². The molecule has 3 N–H and O–H groups in total. The summed E-state index contributed by atoms with van der Waals surface area (Å²) in [5.41, 5.74) is 6.39. The first-order valence-corrected chi connectivity index (χ1v) is 6.23. The Morgan fingerprint density at radius 3 is 2.86 bits per heavy atom. The van der Waals surface area contributed by atoms with Crippen molar-refractivity contribution in [1.82, 2.24) is 0 Å². The molecule has 78 valence electrons. The van der Waals surface area contributed by atoms with Gasteiger partial charge in [0.15, 0.2) is 0 Å². The van der Waals surface area contributed by atoms with Crippen LogP contribution in [0.25, 0.3) is 0 Å². The highest BCUT2D eigenvalue weighted by Gasteiger charge is 2.02. The Labute approximate surface area is 97.0 Å². The van der Waals surface area contributed by atoms with Crippen LogP contribution in [0.5, 0.6) is 0 Å². The van der Waals surface area contributed by atoms with Gasteiger partial charge in [-0.3, -0.25) is 0 Å². The lowest BCUT2D eigenvalue weighted by Gasteiger charge is -2.06. The lowest BCUT2D eigenvalue weighted by molar-refractivity contribution is 0.192. The van der Waals surface area contributed by atoms with E-state index in [-0.39, 0.29) is 6.10 Å². The SMILES string of the molecule is CC(O)CCSc1ccc(N)cc1Br. The monoisotopic (exact) mass is 275 g/mol. The van der Waals surface area contributed by atoms with Crippen LogP contribution in [0, 0.1) is 0 Å². The molecule has 0 aliphatic carbocycles. The van der Waals surface area contributed by atoms with Crippen LogP contribution in [0.3, 0.4) is 0 Å². The van der Waals surface area contributed by atoms with Gasteiger partial charge in [-0.2, -0.15) is 0 Å². The van der Waals surface area contributed by atoms with Crippen molar-refractivity contribution in [2.24, 2.45) is 0 Å². The number of nitrogen functional groups attached to an aromatic ring is 1. The van der Waals surface area contributed by atoms with E-state index in [1.165, 1.54) is 4.90 Å². The highest BCUT2D eigenvalue weighted by molar-refractivity contribution is 9.10. The van der Waals surface area contributed by atoms with Gasteiger partial charge >= 0.3 is 0 Å². The molecule has 0 aromatic heterocycles. The van der Waals surface area contributed by atoms with E-state index >= 15 is 0 Å². The largest absolute Gasteiger partial charge is 0.399 e. The number of rotatable bonds is 4. The molecule has 1 unspecified atom stereocenters. The molecule has 0 spiro atoms. The van der Waals surface area contributed by atoms with E-state index in [0.29, 0.717) is 0 Å². The molecular formula is C10H14BrNOS. The molecule has 1 rings (SSSR count). The lowest BCUT2D eigenvalue weighted by atomic mass is 10.3. The number of anilines is 1. The first-order chi connectivity index (χ1) is 6.59. The van der Waals surface area contributed by atoms with Crippen molar-refractivity contribution in [2.75, 3.05) is 11.5 Å². The Morgan fingerprint density at radius 2 is 2.29 bits per heavy atom. The Morgan fingerprint density at radius 1 is 1.57 bits per heavy atom. The Bertz CT molecular complexity index is 304. The molecule has 0 amide bonds. The van der Waals surface area contributed by atoms with Gasteiger partial charge in [0, 0.05) is 20.8 Å². The topological polar surface area (TPSA) is 46.2 Å². The van der Waals surface area contributed by atoms with Gasteiger partial charge in [0.05, 0.1) is 6.10 Å². The van der Waals surface area contributed by atoms with Crippen LogP contribution >= 0.6 is 27.7 Å². The third kappa shape index (κ3) is 3.90. The van der Waals surface area contributed by atoms with E-state index in [1.54, 1.807) is 18.7 Å². The molecule has 0 saturated heterocycles. The van der Waals surface area contributed by atoms with E-state index in [4.69, 9.17) is 10.8 Å². The summed E-state index contributed by atoms with van der Waals surface area (Å²) in [6, 6.07) is 5.77. The molecule has 0 saturated carbocycles. The molecule has 1 aromatic rings. The van der Waals surface area contributed by atoms with Gasteiger partial charge < -0.3 is 10.8 Å². The van der Waals surface area contributed by atoms with Crippen LogP contribution in [0.1, 0.15) is 13.3 Å². The summed E-state index contributed by atoms with van der Waals surface area (Å²) in [7, 11) is 0. The van der Waals surface area contributed by atoms with Crippen molar-refractivity contribution in [3.63, 3.8) is 0 Å². The van der Waals surface area contributed by atoms with E-state index in [0.717, 1.165) is 22.3 Å². The summed E-state index contributed by atoms with van der Waals surface area (Å²) in [4.78, 5) is 1.17. The van der Waals surface area contributed by atoms with Crippen molar-refractivity contribution < 1.29 is 5.11 Å². The molecule has 4 heteroatoms. The van der Waals surface area contributed by atoms with Crippen LogP contribution < -0.4 is 5.73 Å². The van der Waals surface area contributed by atoms with Gasteiger partial charge in [-0.15, -0.1) is 11.8 Å². The van der Waals surface area contributed by atoms with E-state index in [9.17, 15) is 0 Å². The molecule has 1 atom stereocenters. The van der Waals surface area contributed by atoms with Crippen LogP contribution in [-0.2, 0) is 0 Å². The highest BCUT2D eigenvalue weighted by Crippen LogP contribution is 2.29. The smallest absolute Gasteiger partial charge is 0.0520 e. The minimum Gasteiger partial charge on any atom is -0.399 e. The number of thioether (sulfide) groups is 1. The Hall–Kier alpha value is -0.190. The van der Waals surface area contributed by atoms with E-state index in [1.807, 2.05) is 18.2 Å². The number of aliphatic hydroxyl groups is 1. The zero-order valence-electron chi connectivity index (χ0n) is 8.03. The predicted molar refractivity (Wildman–Crippen MR) is 65.6 cm³/mol. The average molecular weight is 276 g/mol. The molecule has 2 nitrogen and oxygen atoms in total. The molecular weight excluding hydrogens is 262 g/mol. The number of aliphatic hydroxyl groups excluding tert-OH is 1. The minimum atomic E-state index is -0.227. The minimum absolute atomic E-state index is 0.227. The molecule has 0 aliphatic heterocycles. The van der Waals surface area contributed by atoms with Crippen LogP contribution in [-0.4, -0.2) is 17.0 Å². The summed E-state index contributed by atoms with van der Waals surface area (Å²) in [6.45, 7) is 1.80.